The zero-order chi connectivity index (χ0) is 23.8. The second-order valence-electron chi connectivity index (χ2n) is 8.02. The molecule has 0 aliphatic carbocycles. The highest BCUT2D eigenvalue weighted by Gasteiger charge is 2.13. The van der Waals surface area contributed by atoms with Crippen molar-refractivity contribution in [2.24, 2.45) is 0 Å². The number of aryl methyl sites for hydroxylation is 2. The zero-order valence-electron chi connectivity index (χ0n) is 18.5. The standard InChI is InChI=1S/C26H20ClN5OS/c1-15-10-11-18(13-20(15)27)25(33)29-26(34)28-21-14-23-22(12-16(21)2)30-32(31-23)24-9-5-7-17-6-3-4-8-19(17)24/h3-14H,1-2H3,(H2,28,29,33,34). The van der Waals surface area contributed by atoms with Gasteiger partial charge in [-0.3, -0.25) is 10.1 Å². The first-order chi connectivity index (χ1) is 16.4. The van der Waals surface area contributed by atoms with Gasteiger partial charge in [-0.15, -0.1) is 15.0 Å². The van der Waals surface area contributed by atoms with E-state index in [1.54, 1.807) is 23.0 Å². The molecule has 0 aliphatic rings. The van der Waals surface area contributed by atoms with E-state index < -0.39 is 0 Å². The summed E-state index contributed by atoms with van der Waals surface area (Å²) in [6.07, 6.45) is 0. The highest BCUT2D eigenvalue weighted by Crippen LogP contribution is 2.25. The summed E-state index contributed by atoms with van der Waals surface area (Å²) in [5, 5.41) is 18.1. The van der Waals surface area contributed by atoms with Gasteiger partial charge in [-0.25, -0.2) is 0 Å². The molecule has 0 atom stereocenters. The molecule has 6 nitrogen and oxygen atoms in total. The Labute approximate surface area is 206 Å². The molecule has 0 spiro atoms. The third-order valence-corrected chi connectivity index (χ3v) is 6.23. The summed E-state index contributed by atoms with van der Waals surface area (Å²) >= 11 is 11.5. The number of carbonyl (C=O) groups excluding carboxylic acids is 1. The number of nitrogens with one attached hydrogen (secondary N) is 2. The summed E-state index contributed by atoms with van der Waals surface area (Å²) in [6, 6.07) is 23.1. The third kappa shape index (κ3) is 4.23. The Balaban J connectivity index is 1.40. The normalized spacial score (nSPS) is 11.0. The minimum Gasteiger partial charge on any atom is -0.332 e. The molecule has 1 aromatic heterocycles. The first kappa shape index (κ1) is 22.0. The van der Waals surface area contributed by atoms with Gasteiger partial charge in [0.2, 0.25) is 0 Å². The molecule has 168 valence electrons. The minimum atomic E-state index is -0.333. The Morgan fingerprint density at radius 3 is 2.44 bits per heavy atom. The zero-order valence-corrected chi connectivity index (χ0v) is 20.0. The van der Waals surface area contributed by atoms with Gasteiger partial charge in [0.05, 0.1) is 5.69 Å². The maximum Gasteiger partial charge on any atom is 0.257 e. The van der Waals surface area contributed by atoms with E-state index in [9.17, 15) is 4.79 Å². The summed E-state index contributed by atoms with van der Waals surface area (Å²) in [4.78, 5) is 14.2. The average molecular weight is 486 g/mol. The summed E-state index contributed by atoms with van der Waals surface area (Å²) < 4.78 is 0. The maximum atomic E-state index is 12.6. The molecule has 0 saturated heterocycles. The minimum absolute atomic E-state index is 0.186. The van der Waals surface area contributed by atoms with Crippen LogP contribution >= 0.6 is 23.8 Å². The van der Waals surface area contributed by atoms with Gasteiger partial charge in [-0.2, -0.15) is 0 Å². The lowest BCUT2D eigenvalue weighted by Crippen LogP contribution is -2.34. The second-order valence-corrected chi connectivity index (χ2v) is 8.83. The van der Waals surface area contributed by atoms with Crippen molar-refractivity contribution in [3.63, 3.8) is 0 Å². The fraction of sp³-hybridized carbons (Fsp3) is 0.0769. The number of hydrogen-bond acceptors (Lipinski definition) is 4. The summed E-state index contributed by atoms with van der Waals surface area (Å²) in [5.41, 5.74) is 5.38. The van der Waals surface area contributed by atoms with Crippen LogP contribution in [0.4, 0.5) is 5.69 Å². The van der Waals surface area contributed by atoms with Gasteiger partial charge >= 0.3 is 0 Å². The van der Waals surface area contributed by atoms with Crippen LogP contribution in [0.15, 0.2) is 72.8 Å². The SMILES string of the molecule is Cc1ccc(C(=O)NC(=S)Nc2cc3nn(-c4cccc5ccccc45)nc3cc2C)cc1Cl. The molecule has 1 amide bonds. The van der Waals surface area contributed by atoms with Crippen LogP contribution in [0, 0.1) is 13.8 Å². The van der Waals surface area contributed by atoms with Crippen molar-refractivity contribution in [2.75, 3.05) is 5.32 Å². The number of hydrogen-bond donors (Lipinski definition) is 2. The van der Waals surface area contributed by atoms with Gasteiger partial charge < -0.3 is 5.32 Å². The maximum absolute atomic E-state index is 12.6. The van der Waals surface area contributed by atoms with Crippen LogP contribution < -0.4 is 10.6 Å². The number of aromatic nitrogens is 3. The number of rotatable bonds is 3. The molecule has 0 aliphatic heterocycles. The van der Waals surface area contributed by atoms with Crippen molar-refractivity contribution >= 4 is 62.3 Å². The van der Waals surface area contributed by atoms with Crippen LogP contribution in [0.5, 0.6) is 0 Å². The molecule has 4 aromatic carbocycles. The average Bonchev–Trinajstić information content (AvgIpc) is 3.23. The number of carbonyl (C=O) groups is 1. The van der Waals surface area contributed by atoms with Gasteiger partial charge in [-0.1, -0.05) is 54.1 Å². The van der Waals surface area contributed by atoms with Crippen molar-refractivity contribution in [2.45, 2.75) is 13.8 Å². The Bertz CT molecular complexity index is 1590. The fourth-order valence-corrected chi connectivity index (χ4v) is 4.14. The Kier molecular flexibility index (Phi) is 5.73. The van der Waals surface area contributed by atoms with E-state index in [2.05, 4.69) is 39.0 Å². The fourth-order valence-electron chi connectivity index (χ4n) is 3.76. The number of thiocarbonyl (C=S) groups is 1. The molecule has 34 heavy (non-hydrogen) atoms. The number of nitrogens with zero attached hydrogens (tertiary/aromatic N) is 3. The number of amides is 1. The van der Waals surface area contributed by atoms with Gasteiger partial charge in [0.1, 0.15) is 11.0 Å². The molecular weight excluding hydrogens is 466 g/mol. The lowest BCUT2D eigenvalue weighted by molar-refractivity contribution is 0.0977. The van der Waals surface area contributed by atoms with Crippen LogP contribution in [-0.4, -0.2) is 26.0 Å². The molecule has 0 bridgehead atoms. The van der Waals surface area contributed by atoms with E-state index in [4.69, 9.17) is 23.8 Å². The van der Waals surface area contributed by atoms with Crippen molar-refractivity contribution < 1.29 is 4.79 Å². The lowest BCUT2D eigenvalue weighted by Gasteiger charge is -2.12. The topological polar surface area (TPSA) is 71.8 Å². The van der Waals surface area contributed by atoms with E-state index >= 15 is 0 Å². The van der Waals surface area contributed by atoms with Crippen molar-refractivity contribution in [1.82, 2.24) is 20.3 Å². The molecule has 0 fully saturated rings. The number of halogens is 1. The molecule has 2 N–H and O–H groups in total. The van der Waals surface area contributed by atoms with Gasteiger partial charge in [-0.05, 0) is 72.9 Å². The van der Waals surface area contributed by atoms with Crippen LogP contribution in [0.2, 0.25) is 5.02 Å². The molecule has 5 aromatic rings. The first-order valence-corrected chi connectivity index (χ1v) is 11.4. The van der Waals surface area contributed by atoms with Crippen molar-refractivity contribution in [3.8, 4) is 5.69 Å². The van der Waals surface area contributed by atoms with Crippen molar-refractivity contribution in [1.29, 1.82) is 0 Å². The molecule has 1 heterocycles. The summed E-state index contributed by atoms with van der Waals surface area (Å²) in [7, 11) is 0. The van der Waals surface area contributed by atoms with Crippen LogP contribution in [0.3, 0.4) is 0 Å². The van der Waals surface area contributed by atoms with Crippen LogP contribution in [0.25, 0.3) is 27.5 Å². The Morgan fingerprint density at radius 2 is 1.65 bits per heavy atom. The summed E-state index contributed by atoms with van der Waals surface area (Å²) in [5.74, 6) is -0.333. The van der Waals surface area contributed by atoms with E-state index in [-0.39, 0.29) is 11.0 Å². The first-order valence-electron chi connectivity index (χ1n) is 10.6. The highest BCUT2D eigenvalue weighted by atomic mass is 35.5. The molecule has 8 heteroatoms. The van der Waals surface area contributed by atoms with Gasteiger partial charge in [0.25, 0.3) is 5.91 Å². The molecule has 5 rings (SSSR count). The predicted octanol–water partition coefficient (Wildman–Crippen LogP) is 5.97. The number of anilines is 1. The quantitative estimate of drug-likeness (QED) is 0.308. The number of benzene rings is 4. The van der Waals surface area contributed by atoms with Crippen molar-refractivity contribution in [3.05, 3.63) is 94.5 Å². The smallest absolute Gasteiger partial charge is 0.257 e. The Morgan fingerprint density at radius 1 is 0.912 bits per heavy atom. The largest absolute Gasteiger partial charge is 0.332 e. The number of fused-ring (bicyclic) bond motifs is 2. The molecule has 0 radical (unpaired) electrons. The Hall–Kier alpha value is -3.81. The van der Waals surface area contributed by atoms with Crippen LogP contribution in [-0.2, 0) is 0 Å². The second kappa shape index (κ2) is 8.85. The van der Waals surface area contributed by atoms with E-state index in [1.165, 1.54) is 0 Å². The molecule has 0 saturated carbocycles. The van der Waals surface area contributed by atoms with Gasteiger partial charge in [0.15, 0.2) is 5.11 Å². The lowest BCUT2D eigenvalue weighted by atomic mass is 10.1. The van der Waals surface area contributed by atoms with Crippen LogP contribution in [0.1, 0.15) is 21.5 Å². The molecule has 0 unspecified atom stereocenters. The third-order valence-electron chi connectivity index (χ3n) is 5.62. The monoisotopic (exact) mass is 485 g/mol. The molecular formula is C26H20ClN5OS. The van der Waals surface area contributed by atoms with E-state index in [1.807, 2.05) is 50.2 Å². The van der Waals surface area contributed by atoms with E-state index in [0.29, 0.717) is 16.1 Å². The van der Waals surface area contributed by atoms with Gasteiger partial charge in [0, 0.05) is 21.7 Å². The predicted molar refractivity (Wildman–Crippen MR) is 141 cm³/mol. The highest BCUT2D eigenvalue weighted by molar-refractivity contribution is 7.80. The summed E-state index contributed by atoms with van der Waals surface area (Å²) in [6.45, 7) is 3.83. The van der Waals surface area contributed by atoms with E-state index in [0.717, 1.165) is 38.8 Å².